The van der Waals surface area contributed by atoms with Crippen LogP contribution in [0.1, 0.15) is 147 Å². The predicted molar refractivity (Wildman–Crippen MR) is 225 cm³/mol. The summed E-state index contributed by atoms with van der Waals surface area (Å²) in [4.78, 5) is 75.5. The number of likely N-dealkylation sites (tertiary alicyclic amines) is 1. The van der Waals surface area contributed by atoms with Gasteiger partial charge in [0, 0.05) is 37.4 Å². The molecule has 1 aromatic heterocycles. The van der Waals surface area contributed by atoms with Crippen molar-refractivity contribution in [1.29, 1.82) is 0 Å². The number of piperidine rings is 1. The van der Waals surface area contributed by atoms with Gasteiger partial charge in [0.25, 0.3) is 5.91 Å². The van der Waals surface area contributed by atoms with E-state index < -0.39 is 53.3 Å². The number of likely N-dealkylation sites (N-methyl/N-ethyl adjacent to an activating group) is 1. The largest absolute Gasteiger partial charge is 0.481 e. The number of hydrogen-bond donors (Lipinski definition) is 3. The first-order valence-corrected chi connectivity index (χ1v) is 22.0. The van der Waals surface area contributed by atoms with E-state index in [1.807, 2.05) is 39.6 Å². The number of carbonyl (C=O) groups excluding carboxylic acids is 4. The first-order valence-electron chi connectivity index (χ1n) is 21.1. The number of amides is 3. The highest BCUT2D eigenvalue weighted by Gasteiger charge is 2.39. The molecule has 3 amide bonds. The van der Waals surface area contributed by atoms with E-state index in [2.05, 4.69) is 27.4 Å². The third kappa shape index (κ3) is 14.4. The fraction of sp³-hybridized carbons (Fsp3) is 0.682. The van der Waals surface area contributed by atoms with Crippen LogP contribution in [0.3, 0.4) is 0 Å². The van der Waals surface area contributed by atoms with E-state index >= 15 is 0 Å². The molecule has 0 spiro atoms. The van der Waals surface area contributed by atoms with E-state index in [9.17, 15) is 33.5 Å². The zero-order chi connectivity index (χ0) is 43.2. The molecule has 0 saturated carbocycles. The van der Waals surface area contributed by atoms with Crippen molar-refractivity contribution in [3.05, 3.63) is 51.7 Å². The Morgan fingerprint density at radius 1 is 1.05 bits per heavy atom. The Morgan fingerprint density at radius 3 is 2.33 bits per heavy atom. The van der Waals surface area contributed by atoms with E-state index in [0.717, 1.165) is 57.1 Å². The number of hydrogen-bond acceptors (Lipinski definition) is 9. The zero-order valence-electron chi connectivity index (χ0n) is 36.1. The number of rotatable bonds is 23. The van der Waals surface area contributed by atoms with Crippen molar-refractivity contribution in [3.8, 4) is 0 Å². The smallest absolute Gasteiger partial charge is 0.309 e. The summed E-state index contributed by atoms with van der Waals surface area (Å²) in [5.74, 6) is -2.97. The van der Waals surface area contributed by atoms with Crippen LogP contribution in [0, 0.1) is 23.1 Å². The van der Waals surface area contributed by atoms with Crippen LogP contribution in [0.25, 0.3) is 0 Å². The monoisotopic (exact) mass is 829 g/mol. The van der Waals surface area contributed by atoms with Crippen molar-refractivity contribution >= 4 is 41.0 Å². The molecule has 14 heteroatoms. The lowest BCUT2D eigenvalue weighted by Crippen LogP contribution is -2.59. The van der Waals surface area contributed by atoms with Gasteiger partial charge in [0.2, 0.25) is 11.8 Å². The molecule has 2 aromatic rings. The fourth-order valence-corrected chi connectivity index (χ4v) is 8.47. The van der Waals surface area contributed by atoms with Gasteiger partial charge in [0.05, 0.1) is 11.5 Å². The normalized spacial score (nSPS) is 17.5. The van der Waals surface area contributed by atoms with Gasteiger partial charge in [-0.15, -0.1) is 11.3 Å². The average molecular weight is 830 g/mol. The zero-order valence-corrected chi connectivity index (χ0v) is 37.0. The maximum Gasteiger partial charge on any atom is 0.309 e. The minimum absolute atomic E-state index is 0.0708. The molecule has 1 fully saturated rings. The quantitative estimate of drug-likeness (QED) is 0.0759. The Balaban J connectivity index is 1.94. The summed E-state index contributed by atoms with van der Waals surface area (Å²) in [6.07, 6.45) is 6.89. The molecule has 2 heterocycles. The Labute approximate surface area is 349 Å². The number of carboxylic acid groups (broad SMARTS) is 1. The van der Waals surface area contributed by atoms with Gasteiger partial charge in [0.1, 0.15) is 22.6 Å². The number of ether oxygens (including phenoxy) is 1. The summed E-state index contributed by atoms with van der Waals surface area (Å²) in [7, 11) is 1.95. The first kappa shape index (κ1) is 48.5. The highest BCUT2D eigenvalue weighted by Crippen LogP contribution is 2.32. The lowest BCUT2D eigenvalue weighted by molar-refractivity contribution is -0.150. The van der Waals surface area contributed by atoms with Gasteiger partial charge in [-0.05, 0) is 89.1 Å². The number of halogens is 1. The Hall–Kier alpha value is -3.91. The number of benzene rings is 1. The number of nitrogens with zero attached hydrogens (tertiary/aromatic N) is 3. The summed E-state index contributed by atoms with van der Waals surface area (Å²) in [5.41, 5.74) is -0.359. The van der Waals surface area contributed by atoms with Crippen LogP contribution < -0.4 is 10.6 Å². The van der Waals surface area contributed by atoms with Gasteiger partial charge in [-0.25, -0.2) is 9.37 Å². The molecular weight excluding hydrogens is 762 g/mol. The van der Waals surface area contributed by atoms with Gasteiger partial charge in [0.15, 0.2) is 6.10 Å². The Morgan fingerprint density at radius 2 is 1.74 bits per heavy atom. The molecule has 3 N–H and O–H groups in total. The number of esters is 1. The number of aliphatic carboxylic acids is 1. The molecule has 0 radical (unpaired) electrons. The van der Waals surface area contributed by atoms with E-state index in [1.165, 1.54) is 30.4 Å². The standard InChI is InChI=1S/C44H68FN5O7S/c1-10-12-13-15-23-50(42(54)38(29(5)11-2)48-40(53)35-17-14-16-22-49(35)9)36(28(3)4)25-37(57-30(6)51)41-47-34(27-58-41)39(52)46-33(26-44(7,8)43(55)56)24-31-18-20-32(45)21-19-31/h18-21,27-29,33,35-38H,10-17,22-26H2,1-9H3,(H,46,52)(H,48,53)(H,55,56)/t29-,33-,35?,36+,37+,38-/m0/s1. The summed E-state index contributed by atoms with van der Waals surface area (Å²) in [6.45, 7) is 16.0. The van der Waals surface area contributed by atoms with Crippen molar-refractivity contribution in [2.75, 3.05) is 20.1 Å². The lowest BCUT2D eigenvalue weighted by Gasteiger charge is -2.40. The number of aromatic nitrogens is 1. The van der Waals surface area contributed by atoms with Crippen LogP contribution in [0.5, 0.6) is 0 Å². The second-order valence-electron chi connectivity index (χ2n) is 17.1. The molecule has 1 unspecified atom stereocenters. The minimum atomic E-state index is -1.17. The molecule has 58 heavy (non-hydrogen) atoms. The predicted octanol–water partition coefficient (Wildman–Crippen LogP) is 7.57. The second-order valence-corrected chi connectivity index (χ2v) is 18.0. The van der Waals surface area contributed by atoms with Crippen LogP contribution in [-0.4, -0.2) is 93.9 Å². The summed E-state index contributed by atoms with van der Waals surface area (Å²) < 4.78 is 19.5. The second kappa shape index (κ2) is 23.0. The molecular formula is C44H68FN5O7S. The maximum atomic E-state index is 14.8. The number of carboxylic acids is 1. The highest BCUT2D eigenvalue weighted by atomic mass is 32.1. The summed E-state index contributed by atoms with van der Waals surface area (Å²) in [5, 5.41) is 17.9. The summed E-state index contributed by atoms with van der Waals surface area (Å²) in [6, 6.07) is 3.79. The molecule has 0 bridgehead atoms. The van der Waals surface area contributed by atoms with Crippen LogP contribution in [-0.2, 0) is 30.3 Å². The third-order valence-electron chi connectivity index (χ3n) is 11.4. The van der Waals surface area contributed by atoms with Crippen LogP contribution >= 0.6 is 11.3 Å². The molecule has 1 aliphatic rings. The molecule has 1 aromatic carbocycles. The maximum absolute atomic E-state index is 14.8. The lowest BCUT2D eigenvalue weighted by atomic mass is 9.84. The van der Waals surface area contributed by atoms with Crippen LogP contribution in [0.2, 0.25) is 0 Å². The van der Waals surface area contributed by atoms with Gasteiger partial charge in [-0.3, -0.25) is 28.9 Å². The van der Waals surface area contributed by atoms with Crippen molar-refractivity contribution in [1.82, 2.24) is 25.4 Å². The van der Waals surface area contributed by atoms with E-state index in [0.29, 0.717) is 18.0 Å². The third-order valence-corrected chi connectivity index (χ3v) is 12.4. The molecule has 6 atom stereocenters. The van der Waals surface area contributed by atoms with E-state index in [-0.39, 0.29) is 54.6 Å². The number of carbonyl (C=O) groups is 5. The summed E-state index contributed by atoms with van der Waals surface area (Å²) >= 11 is 1.17. The van der Waals surface area contributed by atoms with Crippen LogP contribution in [0.4, 0.5) is 4.39 Å². The Bertz CT molecular complexity index is 1650. The number of unbranched alkanes of at least 4 members (excludes halogenated alkanes) is 3. The molecule has 3 rings (SSSR count). The molecule has 1 aliphatic heterocycles. The average Bonchev–Trinajstić information content (AvgIpc) is 3.67. The van der Waals surface area contributed by atoms with Crippen molar-refractivity contribution in [2.24, 2.45) is 17.3 Å². The van der Waals surface area contributed by atoms with Gasteiger partial charge < -0.3 is 25.4 Å². The van der Waals surface area contributed by atoms with E-state index in [4.69, 9.17) is 4.74 Å². The number of nitrogens with one attached hydrogen (secondary N) is 2. The van der Waals surface area contributed by atoms with Gasteiger partial charge in [-0.2, -0.15) is 0 Å². The first-order chi connectivity index (χ1) is 27.4. The van der Waals surface area contributed by atoms with Gasteiger partial charge in [-0.1, -0.05) is 78.9 Å². The van der Waals surface area contributed by atoms with Crippen molar-refractivity contribution < 1.29 is 38.2 Å². The van der Waals surface area contributed by atoms with Crippen molar-refractivity contribution in [3.63, 3.8) is 0 Å². The molecule has 12 nitrogen and oxygen atoms in total. The molecule has 324 valence electrons. The SMILES string of the molecule is CCCCCCN(C(=O)[C@@H](NC(=O)C1CCCCN1C)[C@@H](C)CC)[C@H](C[C@@H](OC(C)=O)c1nc(C(=O)N[C@@H](Cc2ccc(F)cc2)CC(C)(C)C(=O)O)cs1)C(C)C. The van der Waals surface area contributed by atoms with E-state index in [1.54, 1.807) is 31.4 Å². The van der Waals surface area contributed by atoms with Crippen molar-refractivity contribution in [2.45, 2.75) is 156 Å². The van der Waals surface area contributed by atoms with Gasteiger partial charge >= 0.3 is 11.9 Å². The number of thiazole rings is 1. The highest BCUT2D eigenvalue weighted by molar-refractivity contribution is 7.09. The minimum Gasteiger partial charge on any atom is -0.481 e. The van der Waals surface area contributed by atoms with Crippen LogP contribution in [0.15, 0.2) is 29.6 Å². The molecule has 1 saturated heterocycles. The topological polar surface area (TPSA) is 158 Å². The molecule has 0 aliphatic carbocycles. The Kier molecular flexibility index (Phi) is 19.2. The fourth-order valence-electron chi connectivity index (χ4n) is 7.63.